The maximum atomic E-state index is 5.91. The van der Waals surface area contributed by atoms with E-state index in [0.717, 1.165) is 17.9 Å². The standard InChI is InChI=1S/C22H23NO/c1-18(23-21-12-6-3-7-13-21)15-20-11-8-14-22(16-20)24-17-19-9-4-2-5-10-19/h2-14,16,18,23H,15,17H2,1H3/t18-/m1/s1. The van der Waals surface area contributed by atoms with Crippen molar-refractivity contribution in [2.45, 2.75) is 26.0 Å². The number of para-hydroxylation sites is 1. The van der Waals surface area contributed by atoms with Gasteiger partial charge in [-0.2, -0.15) is 0 Å². The van der Waals surface area contributed by atoms with E-state index in [0.29, 0.717) is 12.6 Å². The monoisotopic (exact) mass is 317 g/mol. The van der Waals surface area contributed by atoms with Crippen LogP contribution in [0, 0.1) is 0 Å². The van der Waals surface area contributed by atoms with E-state index >= 15 is 0 Å². The topological polar surface area (TPSA) is 21.3 Å². The van der Waals surface area contributed by atoms with Gasteiger partial charge in [0.2, 0.25) is 0 Å². The molecule has 0 spiro atoms. The van der Waals surface area contributed by atoms with Crippen LogP contribution in [0.25, 0.3) is 0 Å². The predicted molar refractivity (Wildman–Crippen MR) is 100 cm³/mol. The Kier molecular flexibility index (Phi) is 5.52. The van der Waals surface area contributed by atoms with Crippen LogP contribution >= 0.6 is 0 Å². The van der Waals surface area contributed by atoms with Gasteiger partial charge in [-0.25, -0.2) is 0 Å². The van der Waals surface area contributed by atoms with Crippen molar-refractivity contribution in [2.75, 3.05) is 5.32 Å². The van der Waals surface area contributed by atoms with Crippen LogP contribution in [0.1, 0.15) is 18.1 Å². The lowest BCUT2D eigenvalue weighted by molar-refractivity contribution is 0.306. The van der Waals surface area contributed by atoms with Crippen LogP contribution < -0.4 is 10.1 Å². The molecular weight excluding hydrogens is 294 g/mol. The number of hydrogen-bond acceptors (Lipinski definition) is 2. The summed E-state index contributed by atoms with van der Waals surface area (Å²) in [7, 11) is 0. The van der Waals surface area contributed by atoms with Crippen molar-refractivity contribution in [3.63, 3.8) is 0 Å². The first-order chi connectivity index (χ1) is 11.8. The largest absolute Gasteiger partial charge is 0.489 e. The molecular formula is C22H23NO. The maximum absolute atomic E-state index is 5.91. The first-order valence-electron chi connectivity index (χ1n) is 8.37. The Morgan fingerprint density at radius 2 is 1.46 bits per heavy atom. The third-order valence-corrected chi connectivity index (χ3v) is 3.88. The molecule has 122 valence electrons. The van der Waals surface area contributed by atoms with Gasteiger partial charge in [0.1, 0.15) is 12.4 Å². The van der Waals surface area contributed by atoms with Gasteiger partial charge in [-0.1, -0.05) is 60.7 Å². The fraction of sp³-hybridized carbons (Fsp3) is 0.182. The molecule has 2 nitrogen and oxygen atoms in total. The fourth-order valence-corrected chi connectivity index (χ4v) is 2.73. The molecule has 3 rings (SSSR count). The smallest absolute Gasteiger partial charge is 0.120 e. The average Bonchev–Trinajstić information content (AvgIpc) is 2.62. The highest BCUT2D eigenvalue weighted by molar-refractivity contribution is 5.43. The molecule has 0 heterocycles. The first-order valence-corrected chi connectivity index (χ1v) is 8.37. The Morgan fingerprint density at radius 1 is 0.792 bits per heavy atom. The van der Waals surface area contributed by atoms with Gasteiger partial charge < -0.3 is 10.1 Å². The summed E-state index contributed by atoms with van der Waals surface area (Å²) >= 11 is 0. The van der Waals surface area contributed by atoms with Gasteiger partial charge in [-0.3, -0.25) is 0 Å². The quantitative estimate of drug-likeness (QED) is 0.637. The number of rotatable bonds is 7. The zero-order valence-corrected chi connectivity index (χ0v) is 14.0. The molecule has 24 heavy (non-hydrogen) atoms. The molecule has 1 N–H and O–H groups in total. The van der Waals surface area contributed by atoms with E-state index in [1.54, 1.807) is 0 Å². The summed E-state index contributed by atoms with van der Waals surface area (Å²) in [6.45, 7) is 2.80. The Bertz CT molecular complexity index is 740. The normalized spacial score (nSPS) is 11.7. The zero-order valence-electron chi connectivity index (χ0n) is 14.0. The Balaban J connectivity index is 1.56. The number of ether oxygens (including phenoxy) is 1. The van der Waals surface area contributed by atoms with E-state index in [-0.39, 0.29) is 0 Å². The second-order valence-electron chi connectivity index (χ2n) is 6.04. The number of nitrogens with one attached hydrogen (secondary N) is 1. The third kappa shape index (κ3) is 4.88. The van der Waals surface area contributed by atoms with Crippen LogP contribution in [0.2, 0.25) is 0 Å². The maximum Gasteiger partial charge on any atom is 0.120 e. The molecule has 0 unspecified atom stereocenters. The predicted octanol–water partition coefficient (Wildman–Crippen LogP) is 5.31. The summed E-state index contributed by atoms with van der Waals surface area (Å²) in [5, 5.41) is 3.53. The van der Waals surface area contributed by atoms with Crippen LogP contribution in [0.4, 0.5) is 5.69 Å². The molecule has 0 aliphatic rings. The molecule has 0 aliphatic carbocycles. The Hall–Kier alpha value is -2.74. The molecule has 0 aromatic heterocycles. The molecule has 0 bridgehead atoms. The van der Waals surface area contributed by atoms with Crippen molar-refractivity contribution in [3.8, 4) is 5.75 Å². The SMILES string of the molecule is C[C@H](Cc1cccc(OCc2ccccc2)c1)Nc1ccccc1. The highest BCUT2D eigenvalue weighted by Gasteiger charge is 2.05. The molecule has 0 radical (unpaired) electrons. The van der Waals surface area contributed by atoms with Crippen molar-refractivity contribution >= 4 is 5.69 Å². The van der Waals surface area contributed by atoms with Gasteiger partial charge >= 0.3 is 0 Å². The minimum Gasteiger partial charge on any atom is -0.489 e. The lowest BCUT2D eigenvalue weighted by atomic mass is 10.1. The van der Waals surface area contributed by atoms with Gasteiger partial charge in [0.15, 0.2) is 0 Å². The Morgan fingerprint density at radius 3 is 2.21 bits per heavy atom. The molecule has 1 atom stereocenters. The molecule has 0 saturated heterocycles. The molecule has 0 aliphatic heterocycles. The molecule has 3 aromatic carbocycles. The van der Waals surface area contributed by atoms with E-state index in [1.165, 1.54) is 11.1 Å². The van der Waals surface area contributed by atoms with Gasteiger partial charge in [-0.05, 0) is 48.7 Å². The van der Waals surface area contributed by atoms with E-state index in [4.69, 9.17) is 4.74 Å². The van der Waals surface area contributed by atoms with Crippen LogP contribution in [-0.2, 0) is 13.0 Å². The van der Waals surface area contributed by atoms with E-state index in [9.17, 15) is 0 Å². The van der Waals surface area contributed by atoms with Crippen molar-refractivity contribution < 1.29 is 4.74 Å². The lowest BCUT2D eigenvalue weighted by Gasteiger charge is -2.16. The summed E-state index contributed by atoms with van der Waals surface area (Å²) in [4.78, 5) is 0. The highest BCUT2D eigenvalue weighted by Crippen LogP contribution is 2.17. The molecule has 0 saturated carbocycles. The van der Waals surface area contributed by atoms with Crippen molar-refractivity contribution in [1.82, 2.24) is 0 Å². The average molecular weight is 317 g/mol. The molecule has 2 heteroatoms. The molecule has 3 aromatic rings. The third-order valence-electron chi connectivity index (χ3n) is 3.88. The first kappa shape index (κ1) is 16.1. The Labute approximate surface area is 144 Å². The summed E-state index contributed by atoms with van der Waals surface area (Å²) in [6, 6.07) is 29.3. The van der Waals surface area contributed by atoms with Gasteiger partial charge in [-0.15, -0.1) is 0 Å². The van der Waals surface area contributed by atoms with Gasteiger partial charge in [0.25, 0.3) is 0 Å². The minimum atomic E-state index is 0.358. The van der Waals surface area contributed by atoms with Crippen molar-refractivity contribution in [2.24, 2.45) is 0 Å². The van der Waals surface area contributed by atoms with E-state index in [1.807, 2.05) is 42.5 Å². The van der Waals surface area contributed by atoms with Gasteiger partial charge in [0, 0.05) is 11.7 Å². The van der Waals surface area contributed by atoms with Crippen molar-refractivity contribution in [3.05, 3.63) is 96.1 Å². The van der Waals surface area contributed by atoms with E-state index in [2.05, 4.69) is 54.7 Å². The van der Waals surface area contributed by atoms with Crippen LogP contribution in [0.3, 0.4) is 0 Å². The van der Waals surface area contributed by atoms with Gasteiger partial charge in [0.05, 0.1) is 0 Å². The van der Waals surface area contributed by atoms with Crippen LogP contribution in [0.15, 0.2) is 84.9 Å². The fourth-order valence-electron chi connectivity index (χ4n) is 2.73. The highest BCUT2D eigenvalue weighted by atomic mass is 16.5. The summed E-state index contributed by atoms with van der Waals surface area (Å²) in [5.41, 5.74) is 3.61. The number of anilines is 1. The second-order valence-corrected chi connectivity index (χ2v) is 6.04. The van der Waals surface area contributed by atoms with Crippen LogP contribution in [0.5, 0.6) is 5.75 Å². The zero-order chi connectivity index (χ0) is 16.6. The second kappa shape index (κ2) is 8.21. The van der Waals surface area contributed by atoms with E-state index < -0.39 is 0 Å². The number of hydrogen-bond donors (Lipinski definition) is 1. The summed E-state index contributed by atoms with van der Waals surface area (Å²) < 4.78 is 5.91. The molecule has 0 fully saturated rings. The molecule has 0 amide bonds. The van der Waals surface area contributed by atoms with Crippen molar-refractivity contribution in [1.29, 1.82) is 0 Å². The number of benzene rings is 3. The minimum absolute atomic E-state index is 0.358. The summed E-state index contributed by atoms with van der Waals surface area (Å²) in [5.74, 6) is 0.920. The van der Waals surface area contributed by atoms with Crippen LogP contribution in [-0.4, -0.2) is 6.04 Å². The lowest BCUT2D eigenvalue weighted by Crippen LogP contribution is -2.17. The summed E-state index contributed by atoms with van der Waals surface area (Å²) in [6.07, 6.45) is 0.956.